The lowest BCUT2D eigenvalue weighted by Crippen LogP contribution is -1.95. The van der Waals surface area contributed by atoms with Crippen molar-refractivity contribution < 1.29 is 15.3 Å². The molecule has 2 N–H and O–H groups in total. The van der Waals surface area contributed by atoms with Gasteiger partial charge < -0.3 is 5.21 Å². The van der Waals surface area contributed by atoms with Crippen LogP contribution in [0.25, 0.3) is 22.4 Å². The number of imidazole rings is 1. The Morgan fingerprint density at radius 2 is 1.84 bits per heavy atom. The van der Waals surface area contributed by atoms with Crippen LogP contribution in [0.4, 0.5) is 5.69 Å². The highest BCUT2D eigenvalue weighted by Crippen LogP contribution is 2.25. The van der Waals surface area contributed by atoms with E-state index in [2.05, 4.69) is 4.98 Å². The summed E-state index contributed by atoms with van der Waals surface area (Å²) in [7, 11) is 0. The summed E-state index contributed by atoms with van der Waals surface area (Å²) in [5, 5.41) is 19.0. The fourth-order valence-corrected chi connectivity index (χ4v) is 1.94. The Morgan fingerprint density at radius 3 is 2.53 bits per heavy atom. The van der Waals surface area contributed by atoms with Gasteiger partial charge in [-0.25, -0.2) is 10.2 Å². The lowest BCUT2D eigenvalue weighted by Gasteiger charge is -1.99. The van der Waals surface area contributed by atoms with Crippen molar-refractivity contribution in [2.24, 2.45) is 0 Å². The zero-order valence-corrected chi connectivity index (χ0v) is 9.76. The molecule has 1 aromatic heterocycles. The second-order valence-corrected chi connectivity index (χ2v) is 4.06. The van der Waals surface area contributed by atoms with Crippen LogP contribution in [0.1, 0.15) is 0 Å². The number of benzene rings is 2. The van der Waals surface area contributed by atoms with Gasteiger partial charge in [0, 0.05) is 17.7 Å². The molecule has 0 atom stereocenters. The molecule has 0 spiro atoms. The number of hydrogen-bond donors (Lipinski definition) is 2. The van der Waals surface area contributed by atoms with Gasteiger partial charge in [0.25, 0.3) is 4.92 Å². The third-order valence-corrected chi connectivity index (χ3v) is 2.87. The van der Waals surface area contributed by atoms with Gasteiger partial charge in [0.1, 0.15) is 5.52 Å². The molecule has 6 nitrogen and oxygen atoms in total. The van der Waals surface area contributed by atoms with E-state index in [0.717, 1.165) is 10.3 Å². The molecule has 3 rings (SSSR count). The van der Waals surface area contributed by atoms with Crippen LogP contribution in [0.15, 0.2) is 48.5 Å². The minimum absolute atomic E-state index is 0.0299. The highest BCUT2D eigenvalue weighted by molar-refractivity contribution is 5.82. The van der Waals surface area contributed by atoms with E-state index >= 15 is 0 Å². The van der Waals surface area contributed by atoms with E-state index in [0.29, 0.717) is 16.9 Å². The number of nitrogens with zero attached hydrogens (tertiary/aromatic N) is 3. The largest absolute Gasteiger partial charge is 0.426 e. The predicted molar refractivity (Wildman–Crippen MR) is 67.4 cm³/mol. The predicted octanol–water partition coefficient (Wildman–Crippen LogP) is 2.74. The van der Waals surface area contributed by atoms with Crippen LogP contribution in [0.2, 0.25) is 0 Å². The summed E-state index contributed by atoms with van der Waals surface area (Å²) < 4.78 is 0.900. The fourth-order valence-electron chi connectivity index (χ4n) is 1.94. The minimum atomic E-state index is -0.255. The number of rotatable bonds is 2. The Balaban J connectivity index is 2.24. The van der Waals surface area contributed by atoms with Gasteiger partial charge in [0.2, 0.25) is 0 Å². The molecule has 0 unspecified atom stereocenters. The smallest absolute Gasteiger partial charge is 0.318 e. The van der Waals surface area contributed by atoms with Crippen molar-refractivity contribution in [3.8, 4) is 11.4 Å². The van der Waals surface area contributed by atoms with Gasteiger partial charge in [0.15, 0.2) is 5.82 Å². The van der Waals surface area contributed by atoms with Crippen LogP contribution in [0.3, 0.4) is 0 Å². The summed E-state index contributed by atoms with van der Waals surface area (Å²) in [6.07, 6.45) is 0. The van der Waals surface area contributed by atoms with Crippen LogP contribution in [-0.2, 0) is 0 Å². The van der Waals surface area contributed by atoms with E-state index in [4.69, 9.17) is 5.21 Å². The fraction of sp³-hybridized carbons (Fsp3) is 0. The van der Waals surface area contributed by atoms with Crippen molar-refractivity contribution in [1.29, 1.82) is 0 Å². The molecule has 0 aliphatic heterocycles. The van der Waals surface area contributed by atoms with E-state index in [1.54, 1.807) is 6.07 Å². The number of aromatic nitrogens is 2. The molecule has 2 aromatic carbocycles. The molecule has 6 heteroatoms. The van der Waals surface area contributed by atoms with Crippen molar-refractivity contribution >= 4 is 16.7 Å². The third kappa shape index (κ3) is 1.79. The van der Waals surface area contributed by atoms with Crippen LogP contribution < -0.4 is 0 Å². The average molecular weight is 256 g/mol. The van der Waals surface area contributed by atoms with Crippen LogP contribution in [0.5, 0.6) is 0 Å². The van der Waals surface area contributed by atoms with E-state index in [9.17, 15) is 10.1 Å². The molecule has 0 bridgehead atoms. The van der Waals surface area contributed by atoms with Crippen molar-refractivity contribution in [2.75, 3.05) is 0 Å². The lowest BCUT2D eigenvalue weighted by atomic mass is 10.2. The number of hydrogen-bond acceptors (Lipinski definition) is 3. The van der Waals surface area contributed by atoms with Gasteiger partial charge in [-0.05, 0) is 6.07 Å². The van der Waals surface area contributed by atoms with E-state index in [-0.39, 0.29) is 10.6 Å². The number of fused-ring (bicyclic) bond motifs is 1. The molecule has 1 heterocycles. The average Bonchev–Trinajstić information content (AvgIpc) is 2.77. The van der Waals surface area contributed by atoms with Crippen molar-refractivity contribution in [1.82, 2.24) is 9.71 Å². The molecule has 19 heavy (non-hydrogen) atoms. The molecular weight excluding hydrogens is 246 g/mol. The first kappa shape index (κ1) is 11.2. The summed E-state index contributed by atoms with van der Waals surface area (Å²) in [6, 6.07) is 13.5. The van der Waals surface area contributed by atoms with Crippen LogP contribution in [0, 0.1) is 4.91 Å². The Kier molecular flexibility index (Phi) is 2.42. The highest BCUT2D eigenvalue weighted by atomic mass is 16.6. The highest BCUT2D eigenvalue weighted by Gasteiger charge is 2.17. The molecule has 0 fully saturated rings. The van der Waals surface area contributed by atoms with E-state index in [1.165, 1.54) is 12.1 Å². The monoisotopic (exact) mass is 256 g/mol. The molecular formula is C13H10N3O3+. The van der Waals surface area contributed by atoms with Gasteiger partial charge in [-0.2, -0.15) is 4.73 Å². The molecule has 0 amide bonds. The first-order valence-corrected chi connectivity index (χ1v) is 5.60. The summed E-state index contributed by atoms with van der Waals surface area (Å²) in [5.74, 6) is 0.378. The van der Waals surface area contributed by atoms with Gasteiger partial charge in [-0.3, -0.25) is 0 Å². The van der Waals surface area contributed by atoms with Crippen molar-refractivity contribution in [3.05, 3.63) is 53.4 Å². The van der Waals surface area contributed by atoms with Gasteiger partial charge in [-0.1, -0.05) is 30.3 Å². The van der Waals surface area contributed by atoms with Gasteiger partial charge in [0.05, 0.1) is 10.4 Å². The molecule has 0 radical (unpaired) electrons. The topological polar surface area (TPSA) is 78.4 Å². The maximum absolute atomic E-state index is 10.8. The Morgan fingerprint density at radius 1 is 1.11 bits per heavy atom. The first-order valence-electron chi connectivity index (χ1n) is 5.60. The van der Waals surface area contributed by atoms with Crippen LogP contribution in [-0.4, -0.2) is 25.1 Å². The minimum Gasteiger partial charge on any atom is -0.426 e. The third-order valence-electron chi connectivity index (χ3n) is 2.87. The Bertz CT molecular complexity index is 765. The van der Waals surface area contributed by atoms with Crippen LogP contribution >= 0.6 is 0 Å². The molecule has 0 aliphatic carbocycles. The molecule has 94 valence electrons. The zero-order valence-electron chi connectivity index (χ0n) is 9.76. The molecule has 0 saturated heterocycles. The van der Waals surface area contributed by atoms with E-state index in [1.807, 2.05) is 30.3 Å². The summed E-state index contributed by atoms with van der Waals surface area (Å²) in [6.45, 7) is 0. The standard InChI is InChI=1S/C13H10N3O3/c17-15-12-8-10(16(18)19)6-7-11(12)14-13(15)9-4-2-1-3-5-9/h1-8,17H,(H,18,19)/q+1. The van der Waals surface area contributed by atoms with Gasteiger partial charge in [-0.15, -0.1) is 0 Å². The SMILES string of the molecule is O=[N+](O)c1ccc2nc(-c3ccccc3)n(O)c2c1. The molecule has 3 aromatic rings. The lowest BCUT2D eigenvalue weighted by molar-refractivity contribution is -0.729. The first-order chi connectivity index (χ1) is 9.16. The maximum atomic E-state index is 10.8. The molecule has 0 saturated carbocycles. The van der Waals surface area contributed by atoms with E-state index < -0.39 is 0 Å². The summed E-state index contributed by atoms with van der Waals surface area (Å²) in [5.41, 5.74) is 1.67. The zero-order chi connectivity index (χ0) is 13.4. The Labute approximate surface area is 107 Å². The summed E-state index contributed by atoms with van der Waals surface area (Å²) >= 11 is 0. The second-order valence-electron chi connectivity index (χ2n) is 4.06. The quantitative estimate of drug-likeness (QED) is 0.546. The summed E-state index contributed by atoms with van der Waals surface area (Å²) in [4.78, 5) is 14.9. The second kappa shape index (κ2) is 4.09. The van der Waals surface area contributed by atoms with Gasteiger partial charge >= 0.3 is 5.69 Å². The van der Waals surface area contributed by atoms with Crippen molar-refractivity contribution in [2.45, 2.75) is 0 Å². The normalized spacial score (nSPS) is 10.7. The molecule has 0 aliphatic rings. The van der Waals surface area contributed by atoms with Crippen molar-refractivity contribution in [3.63, 3.8) is 0 Å². The Hall–Kier alpha value is -2.89. The maximum Gasteiger partial charge on any atom is 0.318 e.